The molecule has 0 bridgehead atoms. The van der Waals surface area contributed by atoms with Crippen molar-refractivity contribution in [1.82, 2.24) is 0 Å². The Labute approximate surface area is 145 Å². The Morgan fingerprint density at radius 1 is 1.28 bits per heavy atom. The summed E-state index contributed by atoms with van der Waals surface area (Å²) >= 11 is 5.66. The highest BCUT2D eigenvalue weighted by molar-refractivity contribution is 6.32. The number of nitrogen functional groups attached to an aromatic ring is 1. The number of nitrogens with one attached hydrogen (secondary N) is 1. The van der Waals surface area contributed by atoms with E-state index in [9.17, 15) is 24.1 Å². The molecular formula is C15H11ClFN3O5. The van der Waals surface area contributed by atoms with Crippen molar-refractivity contribution in [2.24, 2.45) is 0 Å². The van der Waals surface area contributed by atoms with Crippen molar-refractivity contribution in [2.75, 3.05) is 17.7 Å². The van der Waals surface area contributed by atoms with Crippen molar-refractivity contribution in [3.8, 4) is 0 Å². The molecule has 0 radical (unpaired) electrons. The average Bonchev–Trinajstić information content (AvgIpc) is 2.54. The van der Waals surface area contributed by atoms with E-state index in [1.807, 2.05) is 0 Å². The fraction of sp³-hybridized carbons (Fsp3) is 0.0667. The molecule has 2 aromatic carbocycles. The summed E-state index contributed by atoms with van der Waals surface area (Å²) in [4.78, 5) is 33.7. The number of carbonyl (C=O) groups excluding carboxylic acids is 2. The molecule has 0 heterocycles. The Hall–Kier alpha value is -3.20. The van der Waals surface area contributed by atoms with E-state index < -0.39 is 29.2 Å². The smallest absolute Gasteiger partial charge is 0.340 e. The SMILES string of the molecule is Nc1cc(F)ccc1C(=O)OCC(=O)Nc1ccc(Cl)c([N+](=O)[O-])c1. The lowest BCUT2D eigenvalue weighted by molar-refractivity contribution is -0.384. The number of rotatable bonds is 5. The molecule has 1 amide bonds. The van der Waals surface area contributed by atoms with Gasteiger partial charge in [0.25, 0.3) is 11.6 Å². The molecule has 0 spiro atoms. The van der Waals surface area contributed by atoms with Gasteiger partial charge in [-0.1, -0.05) is 11.6 Å². The van der Waals surface area contributed by atoms with E-state index in [2.05, 4.69) is 5.32 Å². The molecule has 3 N–H and O–H groups in total. The number of halogens is 2. The second kappa shape index (κ2) is 7.58. The molecule has 25 heavy (non-hydrogen) atoms. The molecule has 130 valence electrons. The van der Waals surface area contributed by atoms with Crippen LogP contribution in [-0.2, 0) is 9.53 Å². The number of amides is 1. The van der Waals surface area contributed by atoms with Gasteiger partial charge < -0.3 is 15.8 Å². The van der Waals surface area contributed by atoms with Crippen LogP contribution >= 0.6 is 11.6 Å². The third-order valence-corrected chi connectivity index (χ3v) is 3.31. The van der Waals surface area contributed by atoms with Crippen LogP contribution in [0.4, 0.5) is 21.5 Å². The van der Waals surface area contributed by atoms with Crippen LogP contribution in [-0.4, -0.2) is 23.4 Å². The van der Waals surface area contributed by atoms with E-state index in [-0.39, 0.29) is 27.6 Å². The zero-order valence-corrected chi connectivity index (χ0v) is 13.2. The molecule has 0 aromatic heterocycles. The fourth-order valence-electron chi connectivity index (χ4n) is 1.86. The number of nitro benzene ring substituents is 1. The maximum atomic E-state index is 12.9. The van der Waals surface area contributed by atoms with E-state index in [0.717, 1.165) is 24.3 Å². The molecule has 2 aromatic rings. The highest BCUT2D eigenvalue weighted by atomic mass is 35.5. The van der Waals surface area contributed by atoms with Crippen LogP contribution in [0.5, 0.6) is 0 Å². The minimum atomic E-state index is -0.908. The number of nitrogens with two attached hydrogens (primary N) is 1. The van der Waals surface area contributed by atoms with Gasteiger partial charge in [0.1, 0.15) is 10.8 Å². The number of anilines is 2. The topological polar surface area (TPSA) is 125 Å². The van der Waals surface area contributed by atoms with Crippen molar-refractivity contribution in [3.05, 3.63) is 62.9 Å². The van der Waals surface area contributed by atoms with E-state index in [0.29, 0.717) is 0 Å². The van der Waals surface area contributed by atoms with Crippen LogP contribution in [0, 0.1) is 15.9 Å². The summed E-state index contributed by atoms with van der Waals surface area (Å²) in [6, 6.07) is 6.78. The summed E-state index contributed by atoms with van der Waals surface area (Å²) in [5.74, 6) is -2.25. The van der Waals surface area contributed by atoms with Gasteiger partial charge in [0.15, 0.2) is 6.61 Å². The predicted molar refractivity (Wildman–Crippen MR) is 87.8 cm³/mol. The molecule has 0 aliphatic heterocycles. The molecule has 8 nitrogen and oxygen atoms in total. The molecule has 2 rings (SSSR count). The molecule has 0 saturated heterocycles. The van der Waals surface area contributed by atoms with Gasteiger partial charge in [0.05, 0.1) is 10.5 Å². The van der Waals surface area contributed by atoms with E-state index in [1.165, 1.54) is 12.1 Å². The van der Waals surface area contributed by atoms with Gasteiger partial charge in [-0.3, -0.25) is 14.9 Å². The number of hydrogen-bond acceptors (Lipinski definition) is 6. The van der Waals surface area contributed by atoms with Crippen molar-refractivity contribution >= 4 is 40.5 Å². The Morgan fingerprint density at radius 2 is 2.00 bits per heavy atom. The summed E-state index contributed by atoms with van der Waals surface area (Å²) in [5, 5.41) is 13.0. The number of nitro groups is 1. The average molecular weight is 368 g/mol. The number of benzene rings is 2. The van der Waals surface area contributed by atoms with Crippen LogP contribution < -0.4 is 11.1 Å². The van der Waals surface area contributed by atoms with Crippen LogP contribution in [0.2, 0.25) is 5.02 Å². The van der Waals surface area contributed by atoms with Crippen LogP contribution in [0.3, 0.4) is 0 Å². The Morgan fingerprint density at radius 3 is 2.64 bits per heavy atom. The van der Waals surface area contributed by atoms with E-state index in [4.69, 9.17) is 22.1 Å². The normalized spacial score (nSPS) is 10.2. The highest BCUT2D eigenvalue weighted by Gasteiger charge is 2.16. The van der Waals surface area contributed by atoms with Crippen LogP contribution in [0.15, 0.2) is 36.4 Å². The van der Waals surface area contributed by atoms with E-state index in [1.54, 1.807) is 0 Å². The lowest BCUT2D eigenvalue weighted by Crippen LogP contribution is -2.21. The zero-order valence-electron chi connectivity index (χ0n) is 12.5. The van der Waals surface area contributed by atoms with Crippen LogP contribution in [0.25, 0.3) is 0 Å². The lowest BCUT2D eigenvalue weighted by Gasteiger charge is -2.08. The summed E-state index contributed by atoms with van der Waals surface area (Å²) in [6.45, 7) is -0.661. The predicted octanol–water partition coefficient (Wildman–Crippen LogP) is 2.77. The maximum Gasteiger partial charge on any atom is 0.340 e. The van der Waals surface area contributed by atoms with E-state index >= 15 is 0 Å². The van der Waals surface area contributed by atoms with Gasteiger partial charge in [-0.05, 0) is 30.3 Å². The molecule has 0 aliphatic rings. The van der Waals surface area contributed by atoms with Gasteiger partial charge in [0.2, 0.25) is 0 Å². The Balaban J connectivity index is 1.98. The van der Waals surface area contributed by atoms with Gasteiger partial charge >= 0.3 is 5.97 Å². The molecule has 0 saturated carbocycles. The second-order valence-electron chi connectivity index (χ2n) is 4.78. The zero-order chi connectivity index (χ0) is 18.6. The first-order valence-electron chi connectivity index (χ1n) is 6.74. The molecule has 0 fully saturated rings. The third-order valence-electron chi connectivity index (χ3n) is 2.99. The summed E-state index contributed by atoms with van der Waals surface area (Å²) in [6.07, 6.45) is 0. The van der Waals surface area contributed by atoms with Crippen molar-refractivity contribution in [2.45, 2.75) is 0 Å². The summed E-state index contributed by atoms with van der Waals surface area (Å²) < 4.78 is 17.7. The van der Waals surface area contributed by atoms with Crippen molar-refractivity contribution < 1.29 is 23.6 Å². The first-order chi connectivity index (χ1) is 11.8. The lowest BCUT2D eigenvalue weighted by atomic mass is 10.2. The van der Waals surface area contributed by atoms with Gasteiger partial charge in [-0.2, -0.15) is 0 Å². The summed E-state index contributed by atoms with van der Waals surface area (Å²) in [5.41, 5.74) is 5.01. The highest BCUT2D eigenvalue weighted by Crippen LogP contribution is 2.27. The number of ether oxygens (including phenoxy) is 1. The minimum Gasteiger partial charge on any atom is -0.452 e. The quantitative estimate of drug-likeness (QED) is 0.362. The first kappa shape index (κ1) is 18.1. The monoisotopic (exact) mass is 367 g/mol. The van der Waals surface area contributed by atoms with Gasteiger partial charge in [0, 0.05) is 17.4 Å². The number of nitrogens with zero attached hydrogens (tertiary/aromatic N) is 1. The first-order valence-corrected chi connectivity index (χ1v) is 7.11. The molecule has 0 unspecified atom stereocenters. The maximum absolute atomic E-state index is 12.9. The molecule has 10 heteroatoms. The molecule has 0 atom stereocenters. The Bertz CT molecular complexity index is 859. The van der Waals surface area contributed by atoms with Crippen molar-refractivity contribution in [3.63, 3.8) is 0 Å². The second-order valence-corrected chi connectivity index (χ2v) is 5.19. The number of hydrogen-bond donors (Lipinski definition) is 2. The van der Waals surface area contributed by atoms with Gasteiger partial charge in [-0.15, -0.1) is 0 Å². The largest absolute Gasteiger partial charge is 0.452 e. The molecular weight excluding hydrogens is 357 g/mol. The van der Waals surface area contributed by atoms with Gasteiger partial charge in [-0.25, -0.2) is 9.18 Å². The number of esters is 1. The third kappa shape index (κ3) is 4.64. The number of carbonyl (C=O) groups is 2. The van der Waals surface area contributed by atoms with Crippen LogP contribution in [0.1, 0.15) is 10.4 Å². The Kier molecular flexibility index (Phi) is 5.50. The standard InChI is InChI=1S/C15H11ClFN3O5/c16-11-4-2-9(6-13(11)20(23)24)19-14(21)7-25-15(22)10-3-1-8(17)5-12(10)18/h1-6H,7,18H2,(H,19,21). The van der Waals surface area contributed by atoms with Crippen molar-refractivity contribution in [1.29, 1.82) is 0 Å². The molecule has 0 aliphatic carbocycles. The summed E-state index contributed by atoms with van der Waals surface area (Å²) in [7, 11) is 0. The minimum absolute atomic E-state index is 0.0822. The fourth-order valence-corrected chi connectivity index (χ4v) is 2.04.